The van der Waals surface area contributed by atoms with E-state index in [2.05, 4.69) is 0 Å². The number of fused-ring (bicyclic) bond motifs is 1. The molecule has 0 spiro atoms. The summed E-state index contributed by atoms with van der Waals surface area (Å²) in [7, 11) is 0. The summed E-state index contributed by atoms with van der Waals surface area (Å²) in [5.74, 6) is -8.49. The smallest absolute Gasteiger partial charge is 0.256 e. The summed E-state index contributed by atoms with van der Waals surface area (Å²) < 4.78 is 0. The Kier molecular flexibility index (Phi) is 3.86. The van der Waals surface area contributed by atoms with Crippen molar-refractivity contribution in [1.29, 1.82) is 0 Å². The zero-order valence-corrected chi connectivity index (χ0v) is 15.1. The zero-order chi connectivity index (χ0) is 21.4. The number of carbonyl (C=O) groups excluding carboxylic acids is 3. The molecule has 0 saturated heterocycles. The highest BCUT2D eigenvalue weighted by atomic mass is 16.5. The topological polar surface area (TPSA) is 178 Å². The number of aromatic hydroxyl groups is 1. The second-order valence-corrected chi connectivity index (χ2v) is 7.29. The molecule has 9 nitrogen and oxygen atoms in total. The predicted molar refractivity (Wildman–Crippen MR) is 96.6 cm³/mol. The second-order valence-electron chi connectivity index (χ2n) is 7.29. The van der Waals surface area contributed by atoms with Crippen LogP contribution in [0.5, 0.6) is 5.75 Å². The Morgan fingerprint density at radius 1 is 1.14 bits per heavy atom. The van der Waals surface area contributed by atoms with Crippen molar-refractivity contribution in [3.05, 3.63) is 63.0 Å². The van der Waals surface area contributed by atoms with Crippen molar-refractivity contribution in [3.8, 4) is 5.75 Å². The fourth-order valence-electron chi connectivity index (χ4n) is 4.48. The number of allylic oxidation sites excluding steroid dienone is 1. The molecule has 0 saturated carbocycles. The van der Waals surface area contributed by atoms with Crippen molar-refractivity contribution in [2.45, 2.75) is 31.2 Å². The minimum atomic E-state index is -3.16. The minimum absolute atomic E-state index is 0.0556. The van der Waals surface area contributed by atoms with E-state index in [-0.39, 0.29) is 22.5 Å². The average Bonchev–Trinajstić information content (AvgIpc) is 2.61. The number of carbonyl (C=O) groups is 3. The molecular formula is C20H17NO8. The van der Waals surface area contributed by atoms with Crippen molar-refractivity contribution in [2.24, 2.45) is 5.73 Å². The van der Waals surface area contributed by atoms with Crippen molar-refractivity contribution in [3.63, 3.8) is 0 Å². The van der Waals surface area contributed by atoms with E-state index in [4.69, 9.17) is 5.73 Å². The van der Waals surface area contributed by atoms with E-state index in [1.165, 1.54) is 12.1 Å². The second kappa shape index (κ2) is 5.86. The first-order valence-electron chi connectivity index (χ1n) is 8.74. The quantitative estimate of drug-likeness (QED) is 0.273. The van der Waals surface area contributed by atoms with Gasteiger partial charge < -0.3 is 31.3 Å². The summed E-state index contributed by atoms with van der Waals surface area (Å²) in [6.07, 6.45) is -2.11. The number of amides is 1. The Morgan fingerprint density at radius 3 is 2.41 bits per heavy atom. The van der Waals surface area contributed by atoms with E-state index >= 15 is 0 Å². The van der Waals surface area contributed by atoms with Crippen molar-refractivity contribution in [1.82, 2.24) is 0 Å². The van der Waals surface area contributed by atoms with E-state index in [0.717, 1.165) is 0 Å². The number of benzene rings is 1. The molecule has 0 bridgehead atoms. The van der Waals surface area contributed by atoms with Crippen LogP contribution in [0, 0.1) is 0 Å². The number of phenolic OH excluding ortho intramolecular Hbond substituents is 1. The number of hydrogen-bond donors (Lipinski definition) is 6. The minimum Gasteiger partial charge on any atom is -0.511 e. The summed E-state index contributed by atoms with van der Waals surface area (Å²) >= 11 is 0. The Balaban J connectivity index is 1.97. The molecule has 1 unspecified atom stereocenters. The van der Waals surface area contributed by atoms with Crippen LogP contribution in [0.2, 0.25) is 0 Å². The molecule has 0 fully saturated rings. The SMILES string of the molecule is C[C@H]1C2=C(C(=O)c3c(O)cccc31)C(O)(O)C1=C(CC(O)=C(C(N)=O)C1=O)C2O. The molecule has 29 heavy (non-hydrogen) atoms. The number of aliphatic hydroxyl groups is 4. The lowest BCUT2D eigenvalue weighted by atomic mass is 9.64. The largest absolute Gasteiger partial charge is 0.511 e. The molecule has 1 amide bonds. The molecular weight excluding hydrogens is 382 g/mol. The molecule has 9 heteroatoms. The maximum Gasteiger partial charge on any atom is 0.256 e. The molecule has 1 aromatic carbocycles. The number of aliphatic hydroxyl groups excluding tert-OH is 2. The molecule has 1 aromatic rings. The fraction of sp³-hybridized carbons (Fsp3) is 0.250. The van der Waals surface area contributed by atoms with Crippen LogP contribution in [0.1, 0.15) is 35.2 Å². The first kappa shape index (κ1) is 19.1. The van der Waals surface area contributed by atoms with E-state index in [1.807, 2.05) is 0 Å². The van der Waals surface area contributed by atoms with Crippen LogP contribution in [0.3, 0.4) is 0 Å². The summed E-state index contributed by atoms with van der Waals surface area (Å²) in [5, 5.41) is 52.9. The van der Waals surface area contributed by atoms with Gasteiger partial charge in [-0.1, -0.05) is 19.1 Å². The Bertz CT molecular complexity index is 1120. The maximum absolute atomic E-state index is 13.1. The van der Waals surface area contributed by atoms with Crippen LogP contribution in [-0.4, -0.2) is 54.9 Å². The number of hydrogen-bond acceptors (Lipinski definition) is 8. The van der Waals surface area contributed by atoms with Gasteiger partial charge in [-0.05, 0) is 22.8 Å². The molecule has 2 atom stereocenters. The van der Waals surface area contributed by atoms with Gasteiger partial charge in [-0.2, -0.15) is 0 Å². The molecule has 0 aliphatic heterocycles. The zero-order valence-electron chi connectivity index (χ0n) is 15.1. The first-order valence-corrected chi connectivity index (χ1v) is 8.74. The molecule has 150 valence electrons. The van der Waals surface area contributed by atoms with Crippen LogP contribution in [0.25, 0.3) is 0 Å². The number of primary amides is 1. The van der Waals surface area contributed by atoms with Crippen LogP contribution in [-0.2, 0) is 9.59 Å². The molecule has 0 aromatic heterocycles. The molecule has 0 heterocycles. The molecule has 7 N–H and O–H groups in total. The predicted octanol–water partition coefficient (Wildman–Crippen LogP) is -0.389. The molecule has 0 radical (unpaired) electrons. The number of ketones is 2. The Labute approximate surface area is 163 Å². The first-order chi connectivity index (χ1) is 13.5. The van der Waals surface area contributed by atoms with E-state index < -0.39 is 64.2 Å². The average molecular weight is 399 g/mol. The molecule has 3 aliphatic carbocycles. The van der Waals surface area contributed by atoms with Crippen molar-refractivity contribution in [2.75, 3.05) is 0 Å². The van der Waals surface area contributed by atoms with Crippen molar-refractivity contribution < 1.29 is 39.9 Å². The van der Waals surface area contributed by atoms with Gasteiger partial charge in [-0.25, -0.2) is 0 Å². The van der Waals surface area contributed by atoms with Gasteiger partial charge in [0.2, 0.25) is 11.6 Å². The van der Waals surface area contributed by atoms with Crippen molar-refractivity contribution >= 4 is 17.5 Å². The lowest BCUT2D eigenvalue weighted by Crippen LogP contribution is -2.51. The lowest BCUT2D eigenvalue weighted by molar-refractivity contribution is -0.129. The van der Waals surface area contributed by atoms with Gasteiger partial charge in [0.1, 0.15) is 17.1 Å². The van der Waals surface area contributed by atoms with Crippen LogP contribution in [0.4, 0.5) is 0 Å². The summed E-state index contributed by atoms with van der Waals surface area (Å²) in [6, 6.07) is 4.32. The highest BCUT2D eigenvalue weighted by Gasteiger charge is 2.55. The van der Waals surface area contributed by atoms with E-state index in [1.54, 1.807) is 13.0 Å². The van der Waals surface area contributed by atoms with Crippen LogP contribution in [0.15, 0.2) is 51.8 Å². The number of rotatable bonds is 1. The third kappa shape index (κ3) is 2.29. The monoisotopic (exact) mass is 399 g/mol. The Morgan fingerprint density at radius 2 is 1.79 bits per heavy atom. The summed E-state index contributed by atoms with van der Waals surface area (Å²) in [6.45, 7) is 1.60. The van der Waals surface area contributed by atoms with Gasteiger partial charge in [-0.15, -0.1) is 0 Å². The Hall–Kier alpha value is -3.27. The van der Waals surface area contributed by atoms with Gasteiger partial charge in [-0.3, -0.25) is 14.4 Å². The standard InChI is InChI=1S/C20H17NO8/c1-6-7-3-2-4-9(22)12(7)17(25)15-11(6)16(24)8-5-10(23)13(19(21)27)18(26)14(8)20(15,28)29/h2-4,6,16,22-24,28-29H,5H2,1H3,(H2,21,27)/t6-,16?/m1/s1. The van der Waals surface area contributed by atoms with Gasteiger partial charge in [0.15, 0.2) is 5.78 Å². The third-order valence-electron chi connectivity index (χ3n) is 5.74. The van der Waals surface area contributed by atoms with Crippen LogP contribution < -0.4 is 5.73 Å². The van der Waals surface area contributed by atoms with Gasteiger partial charge in [0.25, 0.3) is 5.91 Å². The highest BCUT2D eigenvalue weighted by molar-refractivity contribution is 6.28. The molecule has 3 aliphatic rings. The fourth-order valence-corrected chi connectivity index (χ4v) is 4.48. The van der Waals surface area contributed by atoms with Gasteiger partial charge in [0, 0.05) is 12.3 Å². The number of phenols is 1. The van der Waals surface area contributed by atoms with Crippen LogP contribution >= 0.6 is 0 Å². The van der Waals surface area contributed by atoms with Gasteiger partial charge >= 0.3 is 0 Å². The van der Waals surface area contributed by atoms with E-state index in [0.29, 0.717) is 5.56 Å². The number of nitrogens with two attached hydrogens (primary N) is 1. The summed E-state index contributed by atoms with van der Waals surface area (Å²) in [5.41, 5.74) is 2.73. The highest BCUT2D eigenvalue weighted by Crippen LogP contribution is 2.51. The molecule has 4 rings (SSSR count). The maximum atomic E-state index is 13.1. The normalized spacial score (nSPS) is 25.7. The van der Waals surface area contributed by atoms with Gasteiger partial charge in [0.05, 0.1) is 22.8 Å². The lowest BCUT2D eigenvalue weighted by Gasteiger charge is -2.43. The van der Waals surface area contributed by atoms with E-state index in [9.17, 15) is 39.9 Å². The third-order valence-corrected chi connectivity index (χ3v) is 5.74. The summed E-state index contributed by atoms with van der Waals surface area (Å²) in [4.78, 5) is 37.4. The number of Topliss-reactive ketones (excluding diaryl/α,β-unsaturated/α-hetero) is 2.